The second-order valence-electron chi connectivity index (χ2n) is 22.3. The summed E-state index contributed by atoms with van der Waals surface area (Å²) in [6.45, 7) is 26.0. The van der Waals surface area contributed by atoms with Crippen LogP contribution < -0.4 is 95.4 Å². The molecular formula is C60H115Cl4I3N32O4. The predicted octanol–water partition coefficient (Wildman–Crippen LogP) is 5.36. The Balaban J connectivity index is -0.000000388. The van der Waals surface area contributed by atoms with Crippen molar-refractivity contribution in [2.24, 2.45) is 42.9 Å². The minimum absolute atomic E-state index is 0. The zero-order valence-electron chi connectivity index (χ0n) is 59.3. The quantitative estimate of drug-likeness (QED) is 0.0200. The molecule has 4 aliphatic heterocycles. The molecular weight excluding hydrogens is 1760 g/mol. The summed E-state index contributed by atoms with van der Waals surface area (Å²) in [7, 11) is 4.17. The molecule has 103 heavy (non-hydrogen) atoms. The van der Waals surface area contributed by atoms with Gasteiger partial charge >= 0.3 is 0 Å². The number of nitrogens with zero attached hydrogens (tertiary/aromatic N) is 15. The van der Waals surface area contributed by atoms with Gasteiger partial charge in [0.15, 0.2) is 114 Å². The van der Waals surface area contributed by atoms with Crippen molar-refractivity contribution in [3.8, 4) is 0 Å². The van der Waals surface area contributed by atoms with Crippen LogP contribution in [-0.4, -0.2) is 205 Å². The van der Waals surface area contributed by atoms with Gasteiger partial charge in [-0.15, -0.1) is 71.9 Å². The number of nitrogens with one attached hydrogen (secondary N) is 5. The molecule has 0 aliphatic carbocycles. The largest absolute Gasteiger partial charge is 0.382 e. The van der Waals surface area contributed by atoms with Crippen LogP contribution in [0.5, 0.6) is 0 Å². The fourth-order valence-corrected chi connectivity index (χ4v) is 9.58. The molecule has 0 bridgehead atoms. The molecule has 0 saturated carbocycles. The second kappa shape index (κ2) is 54.3. The van der Waals surface area contributed by atoms with Gasteiger partial charge in [0.05, 0.1) is 38.3 Å². The highest BCUT2D eigenvalue weighted by Crippen LogP contribution is 2.23. The molecule has 0 spiro atoms. The SMILES string of the molecule is C.C.CC.CCC.CCCCCC.CCN1CCC(N=C(N)NC(=O)c2nc(Cl)c(N)nc2N)C1.CC[N+]1(C)CCC(N=C(N)NC(=O)c2nc(Cl)c(N)nc2N)C1.CN1CCC(N=C(N)NC(=O)c2nc(Cl)c(N)nc2N)C1.I.I.I.NC(=NC1CCNC1)NC(=O)c1nc(Cl)c(N)nc1N.[CH3-]. The number of likely N-dealkylation sites (N-methyl/N-ethyl adjacent to an activating group) is 3. The van der Waals surface area contributed by atoms with E-state index in [-0.39, 0.29) is 232 Å². The normalized spacial score (nSPS) is 18.1. The highest BCUT2D eigenvalue weighted by Gasteiger charge is 2.33. The van der Waals surface area contributed by atoms with Crippen LogP contribution in [0.2, 0.25) is 20.6 Å². The maximum atomic E-state index is 12.1. The number of rotatable bonds is 13. The van der Waals surface area contributed by atoms with Crippen molar-refractivity contribution in [1.29, 1.82) is 0 Å². The third-order valence-electron chi connectivity index (χ3n) is 14.2. The molecule has 8 heterocycles. The van der Waals surface area contributed by atoms with Crippen molar-refractivity contribution < 1.29 is 23.7 Å². The van der Waals surface area contributed by atoms with Gasteiger partial charge in [-0.3, -0.25) is 40.4 Å². The maximum Gasteiger partial charge on any atom is 0.280 e. The number of likely N-dealkylation sites (tertiary alicyclic amines) is 3. The zero-order valence-corrected chi connectivity index (χ0v) is 69.3. The first-order valence-electron chi connectivity index (χ1n) is 31.7. The summed E-state index contributed by atoms with van der Waals surface area (Å²) < 4.78 is 0.946. The van der Waals surface area contributed by atoms with Crippen LogP contribution in [0, 0.1) is 7.43 Å². The average Bonchev–Trinajstić information content (AvgIpc) is 1.86. The number of quaternary nitrogens is 1. The number of amides is 4. The van der Waals surface area contributed by atoms with Crippen LogP contribution in [-0.2, 0) is 0 Å². The average molecular weight is 1870 g/mol. The Labute approximate surface area is 678 Å². The van der Waals surface area contributed by atoms with Crippen LogP contribution >= 0.6 is 118 Å². The number of hydrogen-bond acceptors (Lipinski definition) is 27. The topological polar surface area (TPSA) is 600 Å². The first kappa shape index (κ1) is 105. The van der Waals surface area contributed by atoms with Gasteiger partial charge in [-0.25, -0.2) is 59.8 Å². The van der Waals surface area contributed by atoms with Gasteiger partial charge in [-0.1, -0.05) is 142 Å². The van der Waals surface area contributed by atoms with Gasteiger partial charge in [0, 0.05) is 32.6 Å². The first-order chi connectivity index (χ1) is 45.8. The molecule has 4 saturated heterocycles. The number of anilines is 8. The van der Waals surface area contributed by atoms with Crippen LogP contribution in [0.4, 0.5) is 46.5 Å². The molecule has 4 fully saturated rings. The fourth-order valence-electron chi connectivity index (χ4n) is 9.07. The first-order valence-corrected chi connectivity index (χ1v) is 33.2. The lowest BCUT2D eigenvalue weighted by Crippen LogP contribution is -2.42. The van der Waals surface area contributed by atoms with E-state index in [9.17, 15) is 19.2 Å². The third-order valence-corrected chi connectivity index (χ3v) is 15.3. The minimum Gasteiger partial charge on any atom is -0.382 e. The van der Waals surface area contributed by atoms with Crippen LogP contribution in [0.1, 0.15) is 170 Å². The Bertz CT molecular complexity index is 3360. The molecule has 4 amide bonds. The fraction of sp³-hybridized carbons (Fsp3) is 0.583. The molecule has 29 N–H and O–H groups in total. The van der Waals surface area contributed by atoms with Crippen LogP contribution in [0.15, 0.2) is 20.0 Å². The molecule has 0 radical (unpaired) electrons. The van der Waals surface area contributed by atoms with E-state index in [1.165, 1.54) is 32.1 Å². The Kier molecular flexibility index (Phi) is 55.5. The van der Waals surface area contributed by atoms with Gasteiger partial charge in [0.2, 0.25) is 0 Å². The second-order valence-corrected chi connectivity index (χ2v) is 23.7. The van der Waals surface area contributed by atoms with E-state index in [2.05, 4.69) is 145 Å². The summed E-state index contributed by atoms with van der Waals surface area (Å²) in [5.41, 5.74) is 66.5. The number of carbonyl (C=O) groups excluding carboxylic acids is 4. The number of unbranched alkanes of at least 4 members (excludes halogenated alkanes) is 3. The summed E-state index contributed by atoms with van der Waals surface area (Å²) in [6, 6.07) is 0.264. The molecule has 5 unspecified atom stereocenters. The predicted molar refractivity (Wildman–Crippen MR) is 456 cm³/mol. The van der Waals surface area contributed by atoms with Crippen molar-refractivity contribution >= 4 is 212 Å². The molecule has 0 aromatic carbocycles. The van der Waals surface area contributed by atoms with Gasteiger partial charge in [-0.05, 0) is 52.9 Å². The van der Waals surface area contributed by atoms with Crippen molar-refractivity contribution in [2.45, 2.75) is 152 Å². The van der Waals surface area contributed by atoms with Crippen molar-refractivity contribution in [3.05, 3.63) is 50.8 Å². The molecule has 5 atom stereocenters. The number of aromatic nitrogens is 8. The summed E-state index contributed by atoms with van der Waals surface area (Å²) in [5.74, 6) is -3.11. The van der Waals surface area contributed by atoms with E-state index in [0.29, 0.717) is 0 Å². The number of nitrogen functional groups attached to an aromatic ring is 8. The van der Waals surface area contributed by atoms with E-state index in [1.807, 2.05) is 20.9 Å². The highest BCUT2D eigenvalue weighted by molar-refractivity contribution is 14.0. The van der Waals surface area contributed by atoms with Crippen molar-refractivity contribution in [3.63, 3.8) is 0 Å². The number of carbonyl (C=O) groups is 4. The smallest absolute Gasteiger partial charge is 0.280 e. The molecule has 8 rings (SSSR count). The number of aliphatic imine (C=N–C) groups is 4. The minimum atomic E-state index is -0.635. The summed E-state index contributed by atoms with van der Waals surface area (Å²) in [6.07, 6.45) is 10.4. The van der Waals surface area contributed by atoms with Crippen molar-refractivity contribution in [2.75, 3.05) is 125 Å². The van der Waals surface area contributed by atoms with Gasteiger partial charge in [0.25, 0.3) is 23.6 Å². The number of halogens is 7. The molecule has 4 aliphatic rings. The summed E-state index contributed by atoms with van der Waals surface area (Å²) in [4.78, 5) is 99.7. The van der Waals surface area contributed by atoms with E-state index in [1.54, 1.807) is 0 Å². The summed E-state index contributed by atoms with van der Waals surface area (Å²) in [5, 5.41) is 12.5. The lowest BCUT2D eigenvalue weighted by atomic mass is 10.2. The lowest BCUT2D eigenvalue weighted by Gasteiger charge is -2.27. The van der Waals surface area contributed by atoms with E-state index >= 15 is 0 Å². The Morgan fingerprint density at radius 1 is 0.495 bits per heavy atom. The molecule has 4 aromatic rings. The number of nitrogens with two attached hydrogens (primary N) is 12. The maximum absolute atomic E-state index is 12.1. The van der Waals surface area contributed by atoms with E-state index in [4.69, 9.17) is 115 Å². The van der Waals surface area contributed by atoms with Crippen LogP contribution in [0.25, 0.3) is 0 Å². The van der Waals surface area contributed by atoms with Crippen LogP contribution in [0.3, 0.4) is 0 Å². The van der Waals surface area contributed by atoms with Gasteiger partial charge in [-0.2, -0.15) is 0 Å². The summed E-state index contributed by atoms with van der Waals surface area (Å²) >= 11 is 22.9. The third kappa shape index (κ3) is 37.5. The number of guanidine groups is 4. The number of hydrogen-bond donors (Lipinski definition) is 17. The monoisotopic (exact) mass is 1870 g/mol. The molecule has 4 aromatic heterocycles. The zero-order chi connectivity index (χ0) is 73.3. The van der Waals surface area contributed by atoms with E-state index in [0.717, 1.165) is 95.6 Å². The standard InChI is InChI=1S/C13H21ClN8O.C12H19ClN8O.C11H17ClN8O.C10H15ClN8O.C6H14.C3H8.C2H6.2CH4.CH3.3HI/c1-3-22(2)5-4-7(6-22)18-13(17)21-12(23)8-10(15)20-11(16)9(14)19-8;1-2-21-4-3-6(5-21)17-12(16)20-11(22)7-9(14)19-10(15)8(13)18-7;1-20-3-2-5(4-20)16-11(15)19-10(21)6-8(13)18-9(14)7(12)17-6;11-6-8(13)18-7(12)5(17-6)9(20)19-10(14)16-4-1-2-15-3-4;1-3-5-6-4-2;1-3-2;1-2;;;;;;/h7H,3-6H2,1-2H3,(H6-,15,16,17,18,20,21,23);6H,2-5H2,1H3,(H4,14,15,19)(H3,16,17,20,22);5H,2-4H2,1H3,(H4,13,14,18)(H3,15,16,19,21);4,15H,1-3H2,(H4,12,13,18)(H3,14,16,19,20);3-6H2,1-2H3;3H2,1-2H3;1-2H3;2*1H4;1H3;3*1H/q;;;;;;;;;-1;;;/p+1. The van der Waals surface area contributed by atoms with Crippen molar-refractivity contribution in [1.82, 2.24) is 76.3 Å². The Hall–Kier alpha value is -6.33. The molecule has 588 valence electrons. The Morgan fingerprint density at radius 3 is 1.07 bits per heavy atom. The highest BCUT2D eigenvalue weighted by atomic mass is 127. The Morgan fingerprint density at radius 2 is 0.806 bits per heavy atom. The molecule has 43 heteroatoms. The van der Waals surface area contributed by atoms with Gasteiger partial charge < -0.3 is 95.8 Å². The van der Waals surface area contributed by atoms with E-state index < -0.39 is 23.6 Å². The lowest BCUT2D eigenvalue weighted by molar-refractivity contribution is -0.896. The van der Waals surface area contributed by atoms with Gasteiger partial charge in [0.1, 0.15) is 12.6 Å². The molecule has 36 nitrogen and oxygen atoms in total.